The third kappa shape index (κ3) is 3.21. The number of ether oxygens (including phenoxy) is 1. The fourth-order valence-corrected chi connectivity index (χ4v) is 1.51. The first-order valence-corrected chi connectivity index (χ1v) is 5.67. The van der Waals surface area contributed by atoms with Crippen molar-refractivity contribution in [3.05, 3.63) is 29.3 Å². The number of anilines is 1. The van der Waals surface area contributed by atoms with Crippen LogP contribution in [0.4, 0.5) is 5.69 Å². The molecule has 0 amide bonds. The maximum Gasteiger partial charge on any atom is 0.338 e. The zero-order valence-corrected chi connectivity index (χ0v) is 10.0. The molecule has 1 rings (SSSR count). The van der Waals surface area contributed by atoms with Gasteiger partial charge in [-0.2, -0.15) is 0 Å². The van der Waals surface area contributed by atoms with Crippen molar-refractivity contribution in [3.8, 4) is 0 Å². The molecule has 15 heavy (non-hydrogen) atoms. The number of halogens is 1. The summed E-state index contributed by atoms with van der Waals surface area (Å²) in [5, 5.41) is 0.662. The highest BCUT2D eigenvalue weighted by Crippen LogP contribution is 2.17. The molecule has 0 saturated heterocycles. The summed E-state index contributed by atoms with van der Waals surface area (Å²) in [6.45, 7) is 2.14. The first-order chi connectivity index (χ1) is 7.21. The predicted octanol–water partition coefficient (Wildman–Crippen LogP) is 2.04. The van der Waals surface area contributed by atoms with Gasteiger partial charge < -0.3 is 10.2 Å². The van der Waals surface area contributed by atoms with Crippen molar-refractivity contribution in [1.82, 2.24) is 0 Å². The van der Waals surface area contributed by atoms with E-state index in [9.17, 15) is 4.79 Å². The van der Waals surface area contributed by atoms with Crippen LogP contribution in [0.3, 0.4) is 0 Å². The summed E-state index contributed by atoms with van der Waals surface area (Å²) in [5.41, 5.74) is 4.67. The second-order valence-corrected chi connectivity index (χ2v) is 3.48. The predicted molar refractivity (Wildman–Crippen MR) is 62.8 cm³/mol. The molecule has 0 unspecified atom stereocenters. The van der Waals surface area contributed by atoms with Crippen LogP contribution in [0.25, 0.3) is 0 Å². The van der Waals surface area contributed by atoms with Crippen LogP contribution in [0.5, 0.6) is 0 Å². The molecule has 0 fully saturated rings. The molecular formula is C10H13BrN2O2. The van der Waals surface area contributed by atoms with Crippen molar-refractivity contribution in [3.63, 3.8) is 0 Å². The average molecular weight is 273 g/mol. The Labute approximate surface area is 96.9 Å². The normalized spacial score (nSPS) is 9.80. The SMILES string of the molecule is CCOC(=O)c1cc(CBr)cc(NN)c1. The third-order valence-corrected chi connectivity index (χ3v) is 2.47. The number of benzene rings is 1. The van der Waals surface area contributed by atoms with E-state index < -0.39 is 0 Å². The first kappa shape index (κ1) is 12.0. The Morgan fingerprint density at radius 2 is 2.27 bits per heavy atom. The van der Waals surface area contributed by atoms with Gasteiger partial charge in [0.25, 0.3) is 0 Å². The van der Waals surface area contributed by atoms with Crippen molar-refractivity contribution in [2.75, 3.05) is 12.0 Å². The number of carbonyl (C=O) groups excluding carboxylic acids is 1. The van der Waals surface area contributed by atoms with Gasteiger partial charge in [0, 0.05) is 11.0 Å². The average Bonchev–Trinajstić information content (AvgIpc) is 2.28. The summed E-state index contributed by atoms with van der Waals surface area (Å²) in [7, 11) is 0. The second kappa shape index (κ2) is 5.72. The number of hydrazine groups is 1. The smallest absolute Gasteiger partial charge is 0.338 e. The Kier molecular flexibility index (Phi) is 4.58. The van der Waals surface area contributed by atoms with E-state index in [0.717, 1.165) is 5.56 Å². The number of nitrogen functional groups attached to an aromatic ring is 1. The summed E-state index contributed by atoms with van der Waals surface area (Å²) >= 11 is 3.32. The van der Waals surface area contributed by atoms with Crippen molar-refractivity contribution < 1.29 is 9.53 Å². The van der Waals surface area contributed by atoms with Gasteiger partial charge in [-0.25, -0.2) is 4.79 Å². The topological polar surface area (TPSA) is 64.3 Å². The largest absolute Gasteiger partial charge is 0.462 e. The van der Waals surface area contributed by atoms with E-state index in [1.165, 1.54) is 0 Å². The fourth-order valence-electron chi connectivity index (χ4n) is 1.18. The molecule has 0 spiro atoms. The van der Waals surface area contributed by atoms with E-state index >= 15 is 0 Å². The lowest BCUT2D eigenvalue weighted by Gasteiger charge is -2.07. The molecule has 5 heteroatoms. The number of carbonyl (C=O) groups is 1. The van der Waals surface area contributed by atoms with E-state index in [2.05, 4.69) is 21.4 Å². The highest BCUT2D eigenvalue weighted by atomic mass is 79.9. The number of esters is 1. The van der Waals surface area contributed by atoms with Gasteiger partial charge in [-0.3, -0.25) is 5.84 Å². The minimum absolute atomic E-state index is 0.336. The van der Waals surface area contributed by atoms with Crippen LogP contribution in [0.15, 0.2) is 18.2 Å². The summed E-state index contributed by atoms with van der Waals surface area (Å²) in [6.07, 6.45) is 0. The zero-order chi connectivity index (χ0) is 11.3. The molecule has 0 heterocycles. The quantitative estimate of drug-likeness (QED) is 0.381. The molecule has 1 aromatic carbocycles. The van der Waals surface area contributed by atoms with Crippen molar-refractivity contribution >= 4 is 27.6 Å². The molecule has 0 aliphatic carbocycles. The third-order valence-electron chi connectivity index (χ3n) is 1.82. The maximum absolute atomic E-state index is 11.5. The van der Waals surface area contributed by atoms with Gasteiger partial charge in [-0.1, -0.05) is 15.9 Å². The molecule has 0 bridgehead atoms. The number of alkyl halides is 1. The summed E-state index contributed by atoms with van der Waals surface area (Å²) < 4.78 is 4.90. The lowest BCUT2D eigenvalue weighted by molar-refractivity contribution is 0.0526. The Bertz CT molecular complexity index is 333. The minimum atomic E-state index is -0.336. The Morgan fingerprint density at radius 1 is 1.53 bits per heavy atom. The van der Waals surface area contributed by atoms with E-state index in [0.29, 0.717) is 23.2 Å². The van der Waals surface area contributed by atoms with Crippen molar-refractivity contribution in [2.24, 2.45) is 5.84 Å². The van der Waals surface area contributed by atoms with Gasteiger partial charge in [0.15, 0.2) is 0 Å². The second-order valence-electron chi connectivity index (χ2n) is 2.92. The summed E-state index contributed by atoms with van der Waals surface area (Å²) in [6, 6.07) is 5.29. The van der Waals surface area contributed by atoms with E-state index in [1.807, 2.05) is 6.07 Å². The first-order valence-electron chi connectivity index (χ1n) is 4.55. The molecule has 0 atom stereocenters. The van der Waals surface area contributed by atoms with Crippen LogP contribution in [0.1, 0.15) is 22.8 Å². The molecule has 0 saturated carbocycles. The monoisotopic (exact) mass is 272 g/mol. The van der Waals surface area contributed by atoms with Crippen LogP contribution in [0.2, 0.25) is 0 Å². The van der Waals surface area contributed by atoms with Gasteiger partial charge in [-0.15, -0.1) is 0 Å². The van der Waals surface area contributed by atoms with Crippen LogP contribution >= 0.6 is 15.9 Å². The van der Waals surface area contributed by atoms with Crippen LogP contribution in [0, 0.1) is 0 Å². The Hall–Kier alpha value is -1.07. The van der Waals surface area contributed by atoms with Crippen molar-refractivity contribution in [2.45, 2.75) is 12.3 Å². The minimum Gasteiger partial charge on any atom is -0.462 e. The van der Waals surface area contributed by atoms with Gasteiger partial charge >= 0.3 is 5.97 Å². The number of nitrogens with one attached hydrogen (secondary N) is 1. The standard InChI is InChI=1S/C10H13BrN2O2/c1-2-15-10(14)8-3-7(6-11)4-9(5-8)13-12/h3-5,13H,2,6,12H2,1H3. The lowest BCUT2D eigenvalue weighted by Crippen LogP contribution is -2.10. The maximum atomic E-state index is 11.5. The molecule has 4 nitrogen and oxygen atoms in total. The highest BCUT2D eigenvalue weighted by Gasteiger charge is 2.08. The van der Waals surface area contributed by atoms with E-state index in [-0.39, 0.29) is 5.97 Å². The lowest BCUT2D eigenvalue weighted by atomic mass is 10.1. The number of rotatable bonds is 4. The van der Waals surface area contributed by atoms with Gasteiger partial charge in [0.1, 0.15) is 0 Å². The zero-order valence-electron chi connectivity index (χ0n) is 8.42. The summed E-state index contributed by atoms with van der Waals surface area (Å²) in [4.78, 5) is 11.5. The molecular weight excluding hydrogens is 260 g/mol. The van der Waals surface area contributed by atoms with Crippen LogP contribution < -0.4 is 11.3 Å². The highest BCUT2D eigenvalue weighted by molar-refractivity contribution is 9.08. The van der Waals surface area contributed by atoms with Crippen molar-refractivity contribution in [1.29, 1.82) is 0 Å². The van der Waals surface area contributed by atoms with Gasteiger partial charge in [0.05, 0.1) is 12.2 Å². The molecule has 0 aliphatic heterocycles. The van der Waals surface area contributed by atoms with Crippen LogP contribution in [-0.2, 0) is 10.1 Å². The van der Waals surface area contributed by atoms with E-state index in [1.54, 1.807) is 19.1 Å². The Balaban J connectivity index is 3.01. The molecule has 0 aliphatic rings. The molecule has 3 N–H and O–H groups in total. The fraction of sp³-hybridized carbons (Fsp3) is 0.300. The summed E-state index contributed by atoms with van der Waals surface area (Å²) in [5.74, 6) is 4.96. The number of hydrogen-bond acceptors (Lipinski definition) is 4. The van der Waals surface area contributed by atoms with Crippen LogP contribution in [-0.4, -0.2) is 12.6 Å². The van der Waals surface area contributed by atoms with Gasteiger partial charge in [-0.05, 0) is 30.7 Å². The Morgan fingerprint density at radius 3 is 2.80 bits per heavy atom. The number of nitrogens with two attached hydrogens (primary N) is 1. The van der Waals surface area contributed by atoms with Gasteiger partial charge in [0.2, 0.25) is 0 Å². The molecule has 0 radical (unpaired) electrons. The number of hydrogen-bond donors (Lipinski definition) is 2. The molecule has 1 aromatic rings. The van der Waals surface area contributed by atoms with E-state index in [4.69, 9.17) is 10.6 Å². The molecule has 82 valence electrons. The molecule has 0 aromatic heterocycles.